The van der Waals surface area contributed by atoms with Gasteiger partial charge in [0, 0.05) is 31.4 Å². The Balaban J connectivity index is 1.84. The van der Waals surface area contributed by atoms with Gasteiger partial charge in [-0.2, -0.15) is 4.31 Å². The van der Waals surface area contributed by atoms with E-state index < -0.39 is 27.9 Å². The summed E-state index contributed by atoms with van der Waals surface area (Å²) in [4.78, 5) is 28.4. The van der Waals surface area contributed by atoms with Crippen molar-refractivity contribution >= 4 is 38.4 Å². The topological polar surface area (TPSA) is 111 Å². The Morgan fingerprint density at radius 2 is 2.22 bits per heavy atom. The molecule has 2 aromatic rings. The fourth-order valence-corrected chi connectivity index (χ4v) is 5.24. The second-order valence-electron chi connectivity index (χ2n) is 5.99. The average Bonchev–Trinajstić information content (AvgIpc) is 3.35. The van der Waals surface area contributed by atoms with Gasteiger partial charge in [-0.15, -0.1) is 11.3 Å². The van der Waals surface area contributed by atoms with E-state index in [2.05, 4.69) is 10.3 Å². The predicted molar refractivity (Wildman–Crippen MR) is 99.0 cm³/mol. The van der Waals surface area contributed by atoms with Gasteiger partial charge in [0.15, 0.2) is 5.13 Å². The quantitative estimate of drug-likeness (QED) is 0.719. The van der Waals surface area contributed by atoms with E-state index in [4.69, 9.17) is 4.74 Å². The van der Waals surface area contributed by atoms with Gasteiger partial charge in [-0.3, -0.25) is 4.79 Å². The number of amides is 1. The Morgan fingerprint density at radius 3 is 2.89 bits per heavy atom. The van der Waals surface area contributed by atoms with Crippen molar-refractivity contribution in [3.8, 4) is 0 Å². The van der Waals surface area contributed by atoms with Gasteiger partial charge in [-0.05, 0) is 25.8 Å². The van der Waals surface area contributed by atoms with Gasteiger partial charge in [-0.1, -0.05) is 0 Å². The highest BCUT2D eigenvalue weighted by Crippen LogP contribution is 2.28. The molecule has 146 valence electrons. The van der Waals surface area contributed by atoms with Crippen LogP contribution in [0, 0.1) is 0 Å². The number of sulfonamides is 1. The zero-order valence-corrected chi connectivity index (χ0v) is 16.5. The van der Waals surface area contributed by atoms with Gasteiger partial charge in [-0.25, -0.2) is 18.2 Å². The van der Waals surface area contributed by atoms with Gasteiger partial charge < -0.3 is 14.6 Å². The molecule has 0 spiro atoms. The molecule has 1 aliphatic rings. The molecule has 1 atom stereocenters. The molecule has 1 aliphatic heterocycles. The molecule has 2 aromatic heterocycles. The maximum atomic E-state index is 13.1. The number of anilines is 1. The first-order valence-corrected chi connectivity index (χ1v) is 10.7. The second-order valence-corrected chi connectivity index (χ2v) is 8.78. The van der Waals surface area contributed by atoms with Crippen molar-refractivity contribution in [3.63, 3.8) is 0 Å². The largest absolute Gasteiger partial charge is 0.461 e. The van der Waals surface area contributed by atoms with Crippen molar-refractivity contribution in [2.24, 2.45) is 7.05 Å². The standard InChI is InChI=1S/C16H20N4O5S2/c1-3-25-15(22)13-9-11(10-19(13)2)27(23,24)20-7-4-5-12(20)14(21)18-16-17-6-8-26-16/h6,8-10,12H,3-5,7H2,1-2H3,(H,17,18,21). The van der Waals surface area contributed by atoms with Crippen molar-refractivity contribution in [1.82, 2.24) is 13.9 Å². The highest BCUT2D eigenvalue weighted by Gasteiger charge is 2.40. The summed E-state index contributed by atoms with van der Waals surface area (Å²) in [6.45, 7) is 2.10. The highest BCUT2D eigenvalue weighted by molar-refractivity contribution is 7.89. The molecule has 0 saturated carbocycles. The lowest BCUT2D eigenvalue weighted by Crippen LogP contribution is -2.43. The van der Waals surface area contributed by atoms with E-state index in [1.165, 1.54) is 32.5 Å². The molecule has 0 radical (unpaired) electrons. The first-order valence-electron chi connectivity index (χ1n) is 8.40. The molecule has 1 fully saturated rings. The number of thiazole rings is 1. The molecule has 1 unspecified atom stereocenters. The van der Waals surface area contributed by atoms with Crippen LogP contribution < -0.4 is 5.32 Å². The molecule has 0 aromatic carbocycles. The van der Waals surface area contributed by atoms with Crippen LogP contribution in [0.3, 0.4) is 0 Å². The van der Waals surface area contributed by atoms with Crippen LogP contribution in [-0.4, -0.2) is 53.3 Å². The minimum absolute atomic E-state index is 0.0398. The third kappa shape index (κ3) is 3.89. The van der Waals surface area contributed by atoms with Crippen molar-refractivity contribution in [2.75, 3.05) is 18.5 Å². The summed E-state index contributed by atoms with van der Waals surface area (Å²) in [5.74, 6) is -1.01. The molecule has 1 amide bonds. The number of nitrogens with one attached hydrogen (secondary N) is 1. The molecule has 0 bridgehead atoms. The van der Waals surface area contributed by atoms with E-state index in [9.17, 15) is 18.0 Å². The summed E-state index contributed by atoms with van der Waals surface area (Å²) in [6.07, 6.45) is 3.92. The summed E-state index contributed by atoms with van der Waals surface area (Å²) in [6, 6.07) is 0.465. The number of rotatable bonds is 6. The molecule has 0 aliphatic carbocycles. The molecule has 1 saturated heterocycles. The molecule has 3 rings (SSSR count). The van der Waals surface area contributed by atoms with Gasteiger partial charge in [0.25, 0.3) is 0 Å². The van der Waals surface area contributed by atoms with Crippen LogP contribution in [0.2, 0.25) is 0 Å². The Morgan fingerprint density at radius 1 is 1.44 bits per heavy atom. The third-order valence-electron chi connectivity index (χ3n) is 4.24. The number of hydrogen-bond acceptors (Lipinski definition) is 7. The van der Waals surface area contributed by atoms with Gasteiger partial charge >= 0.3 is 5.97 Å². The summed E-state index contributed by atoms with van der Waals surface area (Å²) >= 11 is 1.26. The monoisotopic (exact) mass is 412 g/mol. The fraction of sp³-hybridized carbons (Fsp3) is 0.438. The normalized spacial score (nSPS) is 17.8. The average molecular weight is 412 g/mol. The lowest BCUT2D eigenvalue weighted by molar-refractivity contribution is -0.119. The van der Waals surface area contributed by atoms with Crippen LogP contribution in [0.5, 0.6) is 0 Å². The van der Waals surface area contributed by atoms with Crippen molar-refractivity contribution in [3.05, 3.63) is 29.5 Å². The van der Waals surface area contributed by atoms with E-state index in [0.717, 1.165) is 0 Å². The van der Waals surface area contributed by atoms with Crippen LogP contribution in [0.4, 0.5) is 5.13 Å². The van der Waals surface area contributed by atoms with Crippen LogP contribution >= 0.6 is 11.3 Å². The zero-order chi connectivity index (χ0) is 19.6. The molecule has 1 N–H and O–H groups in total. The predicted octanol–water partition coefficient (Wildman–Crippen LogP) is 1.45. The maximum Gasteiger partial charge on any atom is 0.354 e. The van der Waals surface area contributed by atoms with E-state index >= 15 is 0 Å². The Labute approximate surface area is 161 Å². The van der Waals surface area contributed by atoms with Crippen LogP contribution in [-0.2, 0) is 26.6 Å². The fourth-order valence-electron chi connectivity index (χ4n) is 2.98. The number of ether oxygens (including phenoxy) is 1. The summed E-state index contributed by atoms with van der Waals surface area (Å²) in [5.41, 5.74) is 0.137. The molecule has 11 heteroatoms. The summed E-state index contributed by atoms with van der Waals surface area (Å²) < 4.78 is 33.7. The minimum Gasteiger partial charge on any atom is -0.461 e. The molecule has 27 heavy (non-hydrogen) atoms. The number of esters is 1. The first-order chi connectivity index (χ1) is 12.8. The van der Waals surface area contributed by atoms with E-state index in [0.29, 0.717) is 18.0 Å². The number of aryl methyl sites for hydroxylation is 1. The van der Waals surface area contributed by atoms with Gasteiger partial charge in [0.2, 0.25) is 15.9 Å². The minimum atomic E-state index is -3.94. The van der Waals surface area contributed by atoms with Crippen molar-refractivity contribution < 1.29 is 22.7 Å². The van der Waals surface area contributed by atoms with E-state index in [-0.39, 0.29) is 23.7 Å². The van der Waals surface area contributed by atoms with Crippen LogP contribution in [0.25, 0.3) is 0 Å². The van der Waals surface area contributed by atoms with E-state index in [1.807, 2.05) is 0 Å². The Hall–Kier alpha value is -2.24. The second kappa shape index (κ2) is 7.79. The maximum absolute atomic E-state index is 13.1. The van der Waals surface area contributed by atoms with Crippen molar-refractivity contribution in [1.29, 1.82) is 0 Å². The first kappa shape index (κ1) is 19.5. The summed E-state index contributed by atoms with van der Waals surface area (Å²) in [7, 11) is -2.36. The molecule has 3 heterocycles. The number of nitrogens with zero attached hydrogens (tertiary/aromatic N) is 3. The number of aromatic nitrogens is 2. The number of carbonyl (C=O) groups is 2. The van der Waals surface area contributed by atoms with Crippen molar-refractivity contribution in [2.45, 2.75) is 30.7 Å². The Kier molecular flexibility index (Phi) is 5.63. The molecular formula is C16H20N4O5S2. The highest BCUT2D eigenvalue weighted by atomic mass is 32.2. The Bertz CT molecular complexity index is 936. The van der Waals surface area contributed by atoms with Crippen LogP contribution in [0.15, 0.2) is 28.7 Å². The lowest BCUT2D eigenvalue weighted by Gasteiger charge is -2.22. The molecule has 9 nitrogen and oxygen atoms in total. The van der Waals surface area contributed by atoms with Gasteiger partial charge in [0.05, 0.1) is 6.61 Å². The van der Waals surface area contributed by atoms with Crippen LogP contribution in [0.1, 0.15) is 30.3 Å². The zero-order valence-electron chi connectivity index (χ0n) is 14.9. The summed E-state index contributed by atoms with van der Waals surface area (Å²) in [5, 5.41) is 4.80. The smallest absolute Gasteiger partial charge is 0.354 e. The lowest BCUT2D eigenvalue weighted by atomic mass is 10.2. The number of hydrogen-bond donors (Lipinski definition) is 1. The third-order valence-corrected chi connectivity index (χ3v) is 6.80. The SMILES string of the molecule is CCOC(=O)c1cc(S(=O)(=O)N2CCCC2C(=O)Nc2nccs2)cn1C. The number of carbonyl (C=O) groups excluding carboxylic acids is 2. The molecular weight excluding hydrogens is 392 g/mol. The van der Waals surface area contributed by atoms with E-state index in [1.54, 1.807) is 25.5 Å². The van der Waals surface area contributed by atoms with Gasteiger partial charge in [0.1, 0.15) is 16.6 Å².